The maximum Gasteiger partial charge on any atom is 0.338 e. The third-order valence-corrected chi connectivity index (χ3v) is 7.42. The van der Waals surface area contributed by atoms with Crippen molar-refractivity contribution in [1.29, 1.82) is 0 Å². The highest BCUT2D eigenvalue weighted by Crippen LogP contribution is 2.37. The molecule has 0 spiro atoms. The molecule has 3 aromatic rings. The monoisotopic (exact) mass is 725 g/mol. The first-order valence-corrected chi connectivity index (χ1v) is 15.2. The van der Waals surface area contributed by atoms with Gasteiger partial charge in [0.15, 0.2) is 29.6 Å². The number of allylic oxidation sites excluding steroid dienone is 1. The molecule has 0 radical (unpaired) electrons. The average molecular weight is 727 g/mol. The summed E-state index contributed by atoms with van der Waals surface area (Å²) >= 11 is 3.46. The zero-order valence-electron chi connectivity index (χ0n) is 26.3. The van der Waals surface area contributed by atoms with Gasteiger partial charge in [-0.25, -0.2) is 15.0 Å². The molecule has 0 saturated carbocycles. The van der Waals surface area contributed by atoms with Crippen molar-refractivity contribution < 1.29 is 43.0 Å². The Kier molecular flexibility index (Phi) is 11.9. The minimum Gasteiger partial charge on any atom is -0.493 e. The van der Waals surface area contributed by atoms with E-state index in [9.17, 15) is 24.5 Å². The Morgan fingerprint density at radius 1 is 1.04 bits per heavy atom. The smallest absolute Gasteiger partial charge is 0.338 e. The topological polar surface area (TPSA) is 189 Å². The van der Waals surface area contributed by atoms with Gasteiger partial charge in [-0.15, -0.1) is 0 Å². The van der Waals surface area contributed by atoms with Gasteiger partial charge < -0.3 is 34.3 Å². The summed E-state index contributed by atoms with van der Waals surface area (Å²) in [7, 11) is 2.89. The molecular weight excluding hydrogens is 694 g/mol. The molecular formula is C32H32BrN5O10. The van der Waals surface area contributed by atoms with Crippen molar-refractivity contribution in [1.82, 2.24) is 16.1 Å². The molecule has 0 aliphatic carbocycles. The number of methoxy groups -OCH3 is 2. The fourth-order valence-corrected chi connectivity index (χ4v) is 5.16. The molecule has 15 nitrogen and oxygen atoms in total. The van der Waals surface area contributed by atoms with E-state index in [-0.39, 0.29) is 36.0 Å². The van der Waals surface area contributed by atoms with Crippen LogP contribution in [0.5, 0.6) is 23.0 Å². The average Bonchev–Trinajstić information content (AvgIpc) is 3.06. The summed E-state index contributed by atoms with van der Waals surface area (Å²) in [5.41, 5.74) is 4.84. The Hall–Kier alpha value is -5.64. The first kappa shape index (κ1) is 35.2. The van der Waals surface area contributed by atoms with Crippen molar-refractivity contribution in [3.63, 3.8) is 0 Å². The van der Waals surface area contributed by atoms with Gasteiger partial charge in [-0.2, -0.15) is 5.10 Å². The summed E-state index contributed by atoms with van der Waals surface area (Å²) in [6.07, 6.45) is 1.41. The number of nitro benzene ring substituents is 1. The Balaban J connectivity index is 1.36. The Labute approximate surface area is 283 Å². The predicted octanol–water partition coefficient (Wildman–Crippen LogP) is 4.67. The largest absolute Gasteiger partial charge is 0.493 e. The van der Waals surface area contributed by atoms with Gasteiger partial charge in [-0.3, -0.25) is 14.9 Å². The van der Waals surface area contributed by atoms with Gasteiger partial charge in [-0.1, -0.05) is 6.07 Å². The summed E-state index contributed by atoms with van der Waals surface area (Å²) in [6, 6.07) is 12.9. The molecule has 1 heterocycles. The zero-order chi connectivity index (χ0) is 34.8. The highest BCUT2D eigenvalue weighted by atomic mass is 79.9. The molecule has 1 atom stereocenters. The van der Waals surface area contributed by atoms with Crippen molar-refractivity contribution in [3.05, 3.63) is 97.1 Å². The molecule has 3 N–H and O–H groups in total. The van der Waals surface area contributed by atoms with E-state index in [4.69, 9.17) is 23.7 Å². The lowest BCUT2D eigenvalue weighted by molar-refractivity contribution is -0.384. The molecule has 0 saturated heterocycles. The van der Waals surface area contributed by atoms with Crippen molar-refractivity contribution >= 4 is 45.7 Å². The van der Waals surface area contributed by atoms with E-state index < -0.39 is 35.5 Å². The highest BCUT2D eigenvalue weighted by molar-refractivity contribution is 9.10. The van der Waals surface area contributed by atoms with Gasteiger partial charge in [-0.05, 0) is 82.9 Å². The molecule has 48 heavy (non-hydrogen) atoms. The fourth-order valence-electron chi connectivity index (χ4n) is 4.58. The summed E-state index contributed by atoms with van der Waals surface area (Å²) in [5.74, 6) is 0.194. The molecule has 1 aliphatic rings. The number of halogens is 1. The number of amides is 3. The Morgan fingerprint density at radius 3 is 2.44 bits per heavy atom. The van der Waals surface area contributed by atoms with Gasteiger partial charge in [0.25, 0.3) is 11.6 Å². The normalized spacial score (nSPS) is 14.1. The van der Waals surface area contributed by atoms with E-state index in [1.165, 1.54) is 32.6 Å². The number of hydrazone groups is 1. The molecule has 252 valence electrons. The number of ether oxygens (including phenoxy) is 5. The van der Waals surface area contributed by atoms with Crippen molar-refractivity contribution in [2.24, 2.45) is 5.10 Å². The number of hydrogen-bond acceptors (Lipinski definition) is 11. The van der Waals surface area contributed by atoms with Crippen LogP contribution >= 0.6 is 15.9 Å². The number of nitrogens with zero attached hydrogens (tertiary/aromatic N) is 2. The molecule has 0 aromatic heterocycles. The maximum atomic E-state index is 12.6. The lowest BCUT2D eigenvalue weighted by Crippen LogP contribution is -2.45. The lowest BCUT2D eigenvalue weighted by atomic mass is 9.95. The van der Waals surface area contributed by atoms with Crippen LogP contribution in [0.1, 0.15) is 36.6 Å². The lowest BCUT2D eigenvalue weighted by Gasteiger charge is -2.28. The van der Waals surface area contributed by atoms with Crippen molar-refractivity contribution in [2.45, 2.75) is 26.5 Å². The van der Waals surface area contributed by atoms with Crippen LogP contribution in [0.4, 0.5) is 10.5 Å². The van der Waals surface area contributed by atoms with E-state index in [1.54, 1.807) is 56.3 Å². The first-order valence-electron chi connectivity index (χ1n) is 14.4. The van der Waals surface area contributed by atoms with Crippen LogP contribution in [0.15, 0.2) is 75.4 Å². The van der Waals surface area contributed by atoms with Gasteiger partial charge in [0.1, 0.15) is 6.61 Å². The number of esters is 1. The second kappa shape index (κ2) is 16.3. The number of carbonyl (C=O) groups excluding carboxylic acids is 3. The van der Waals surface area contributed by atoms with Crippen LogP contribution in [0, 0.1) is 10.1 Å². The summed E-state index contributed by atoms with van der Waals surface area (Å²) in [4.78, 5) is 47.7. The third-order valence-electron chi connectivity index (χ3n) is 6.83. The number of nitrogens with one attached hydrogen (secondary N) is 3. The first-order chi connectivity index (χ1) is 23.0. The van der Waals surface area contributed by atoms with Crippen LogP contribution in [-0.4, -0.2) is 56.5 Å². The number of non-ortho nitro benzene ring substituents is 1. The molecule has 1 aliphatic heterocycles. The number of nitro groups is 1. The molecule has 3 aromatic carbocycles. The molecule has 3 amide bonds. The minimum absolute atomic E-state index is 0.0152. The van der Waals surface area contributed by atoms with Gasteiger partial charge in [0, 0.05) is 17.8 Å². The SMILES string of the molecule is CCOC(=O)C1=C(C)NC(=O)N[C@H]1c1ccc(OCC(=O)N/N=C\c2cc(Br)c(OCc3ccc([N+](=O)[O-])cc3)c(OC)c2)c(OC)c1. The molecule has 0 bridgehead atoms. The van der Waals surface area contributed by atoms with Crippen LogP contribution in [0.25, 0.3) is 0 Å². The third kappa shape index (κ3) is 8.79. The number of benzene rings is 3. The van der Waals surface area contributed by atoms with E-state index in [0.717, 1.165) is 5.56 Å². The second-order valence-corrected chi connectivity index (χ2v) is 10.9. The summed E-state index contributed by atoms with van der Waals surface area (Å²) in [5, 5.41) is 20.2. The van der Waals surface area contributed by atoms with E-state index in [0.29, 0.717) is 32.8 Å². The molecule has 4 rings (SSSR count). The number of urea groups is 1. The Morgan fingerprint density at radius 2 is 1.77 bits per heavy atom. The molecule has 0 unspecified atom stereocenters. The van der Waals surface area contributed by atoms with Crippen LogP contribution in [-0.2, 0) is 20.9 Å². The van der Waals surface area contributed by atoms with Crippen LogP contribution in [0.2, 0.25) is 0 Å². The summed E-state index contributed by atoms with van der Waals surface area (Å²) < 4.78 is 28.2. The van der Waals surface area contributed by atoms with E-state index in [2.05, 4.69) is 37.1 Å². The van der Waals surface area contributed by atoms with Gasteiger partial charge in [0.2, 0.25) is 0 Å². The second-order valence-electron chi connectivity index (χ2n) is 10.0. The number of carbonyl (C=O) groups is 3. The van der Waals surface area contributed by atoms with Crippen molar-refractivity contribution in [2.75, 3.05) is 27.4 Å². The number of hydrogen-bond donors (Lipinski definition) is 3. The quantitative estimate of drug-likeness (QED) is 0.0911. The van der Waals surface area contributed by atoms with Crippen LogP contribution < -0.4 is 35.0 Å². The fraction of sp³-hybridized carbons (Fsp3) is 0.250. The maximum absolute atomic E-state index is 12.6. The minimum atomic E-state index is -0.798. The zero-order valence-corrected chi connectivity index (χ0v) is 27.9. The standard InChI is InChI=1S/C32H32BrN5O10/c1-5-46-31(40)28-18(2)35-32(41)36-29(28)21-8-11-24(25(14-21)44-3)47-17-27(39)37-34-15-20-12-23(33)30(26(13-20)45-4)48-16-19-6-9-22(10-7-19)38(42)43/h6-15,29H,5,16-17H2,1-4H3,(H,37,39)(H2,35,36,41)/b34-15-/t29-/m0/s1. The van der Waals surface area contributed by atoms with E-state index >= 15 is 0 Å². The Bertz CT molecular complexity index is 1760. The van der Waals surface area contributed by atoms with Crippen molar-refractivity contribution in [3.8, 4) is 23.0 Å². The van der Waals surface area contributed by atoms with Gasteiger partial charge in [0.05, 0.1) is 48.1 Å². The van der Waals surface area contributed by atoms with E-state index in [1.807, 2.05) is 0 Å². The van der Waals surface area contributed by atoms with Crippen LogP contribution in [0.3, 0.4) is 0 Å². The summed E-state index contributed by atoms with van der Waals surface area (Å²) in [6.45, 7) is 3.21. The molecule has 0 fully saturated rings. The van der Waals surface area contributed by atoms with Gasteiger partial charge >= 0.3 is 12.0 Å². The molecule has 16 heteroatoms. The highest BCUT2D eigenvalue weighted by Gasteiger charge is 2.32. The predicted molar refractivity (Wildman–Crippen MR) is 176 cm³/mol. The number of rotatable bonds is 14.